The highest BCUT2D eigenvalue weighted by Gasteiger charge is 2.12. The summed E-state index contributed by atoms with van der Waals surface area (Å²) in [7, 11) is 0. The third-order valence-electron chi connectivity index (χ3n) is 2.92. The smallest absolute Gasteiger partial charge is 0.226 e. The van der Waals surface area contributed by atoms with Gasteiger partial charge in [0, 0.05) is 13.1 Å². The molecule has 2 heterocycles. The quantitative estimate of drug-likeness (QED) is 0.825. The molecule has 0 spiro atoms. The van der Waals surface area contributed by atoms with Gasteiger partial charge in [0.25, 0.3) is 0 Å². The standard InChI is InChI=1S/C13H20ClN5/c1-4-7-19-8-16-12-10(19)11(17-13(14)18-12)15-6-5-9(2)3/h8-9H,4-7H2,1-3H3,(H,15,17,18). The van der Waals surface area contributed by atoms with E-state index in [2.05, 4.69) is 45.6 Å². The van der Waals surface area contributed by atoms with E-state index < -0.39 is 0 Å². The SMILES string of the molecule is CCCn1cnc2nc(Cl)nc(NCCC(C)C)c21. The summed E-state index contributed by atoms with van der Waals surface area (Å²) in [6.07, 6.45) is 3.93. The number of nitrogens with one attached hydrogen (secondary N) is 1. The number of imidazole rings is 1. The zero-order valence-corrected chi connectivity index (χ0v) is 12.4. The Hall–Kier alpha value is -1.36. The second-order valence-electron chi connectivity index (χ2n) is 5.06. The van der Waals surface area contributed by atoms with Gasteiger partial charge in [-0.15, -0.1) is 0 Å². The van der Waals surface area contributed by atoms with Crippen LogP contribution in [0.2, 0.25) is 5.28 Å². The molecule has 0 saturated carbocycles. The van der Waals surface area contributed by atoms with Crippen LogP contribution in [0.4, 0.5) is 5.82 Å². The molecular formula is C13H20ClN5. The van der Waals surface area contributed by atoms with Crippen LogP contribution < -0.4 is 5.32 Å². The maximum atomic E-state index is 5.94. The second kappa shape index (κ2) is 6.19. The number of hydrogen-bond donors (Lipinski definition) is 1. The highest BCUT2D eigenvalue weighted by molar-refractivity contribution is 6.28. The van der Waals surface area contributed by atoms with Crippen molar-refractivity contribution in [3.63, 3.8) is 0 Å². The Morgan fingerprint density at radius 1 is 1.37 bits per heavy atom. The van der Waals surface area contributed by atoms with Crippen LogP contribution in [0, 0.1) is 5.92 Å². The van der Waals surface area contributed by atoms with Gasteiger partial charge in [-0.05, 0) is 30.4 Å². The van der Waals surface area contributed by atoms with E-state index in [1.807, 2.05) is 0 Å². The molecule has 0 bridgehead atoms. The van der Waals surface area contributed by atoms with Gasteiger partial charge in [0.1, 0.15) is 5.52 Å². The highest BCUT2D eigenvalue weighted by atomic mass is 35.5. The van der Waals surface area contributed by atoms with Gasteiger partial charge in [0.15, 0.2) is 11.5 Å². The Morgan fingerprint density at radius 2 is 2.16 bits per heavy atom. The lowest BCUT2D eigenvalue weighted by molar-refractivity contribution is 0.606. The summed E-state index contributed by atoms with van der Waals surface area (Å²) in [4.78, 5) is 12.7. The van der Waals surface area contributed by atoms with Gasteiger partial charge in [-0.2, -0.15) is 9.97 Å². The van der Waals surface area contributed by atoms with Crippen LogP contribution in [0.3, 0.4) is 0 Å². The molecule has 0 saturated heterocycles. The molecule has 0 aromatic carbocycles. The van der Waals surface area contributed by atoms with Gasteiger partial charge in [-0.1, -0.05) is 20.8 Å². The van der Waals surface area contributed by atoms with Crippen molar-refractivity contribution in [3.05, 3.63) is 11.6 Å². The monoisotopic (exact) mass is 281 g/mol. The number of anilines is 1. The zero-order chi connectivity index (χ0) is 13.8. The van der Waals surface area contributed by atoms with Gasteiger partial charge < -0.3 is 9.88 Å². The molecule has 0 radical (unpaired) electrons. The molecule has 2 aromatic heterocycles. The predicted molar refractivity (Wildman–Crippen MR) is 78.6 cm³/mol. The van der Waals surface area contributed by atoms with Crippen molar-refractivity contribution in [1.29, 1.82) is 0 Å². The fourth-order valence-corrected chi connectivity index (χ4v) is 2.13. The first-order valence-corrected chi connectivity index (χ1v) is 7.11. The van der Waals surface area contributed by atoms with E-state index in [1.165, 1.54) is 0 Å². The Kier molecular flexibility index (Phi) is 4.58. The minimum atomic E-state index is 0.237. The van der Waals surface area contributed by atoms with Crippen molar-refractivity contribution in [3.8, 4) is 0 Å². The van der Waals surface area contributed by atoms with Gasteiger partial charge >= 0.3 is 0 Å². The molecule has 2 aromatic rings. The third-order valence-corrected chi connectivity index (χ3v) is 3.09. The van der Waals surface area contributed by atoms with Gasteiger partial charge in [0.2, 0.25) is 5.28 Å². The Bertz CT molecular complexity index is 549. The number of fused-ring (bicyclic) bond motifs is 1. The van der Waals surface area contributed by atoms with Crippen molar-refractivity contribution >= 4 is 28.6 Å². The van der Waals surface area contributed by atoms with Crippen molar-refractivity contribution < 1.29 is 0 Å². The van der Waals surface area contributed by atoms with Crippen LogP contribution in [0.15, 0.2) is 6.33 Å². The fraction of sp³-hybridized carbons (Fsp3) is 0.615. The number of halogens is 1. The first-order valence-electron chi connectivity index (χ1n) is 6.74. The molecule has 0 atom stereocenters. The van der Waals surface area contributed by atoms with Crippen molar-refractivity contribution in [2.75, 3.05) is 11.9 Å². The number of hydrogen-bond acceptors (Lipinski definition) is 4. The van der Waals surface area contributed by atoms with E-state index in [0.29, 0.717) is 11.6 Å². The summed E-state index contributed by atoms with van der Waals surface area (Å²) in [5.41, 5.74) is 1.59. The van der Waals surface area contributed by atoms with Crippen LogP contribution in [0.1, 0.15) is 33.6 Å². The van der Waals surface area contributed by atoms with Gasteiger partial charge in [0.05, 0.1) is 6.33 Å². The molecule has 0 aliphatic rings. The summed E-state index contributed by atoms with van der Waals surface area (Å²) in [5, 5.41) is 3.59. The lowest BCUT2D eigenvalue weighted by Gasteiger charge is -2.10. The van der Waals surface area contributed by atoms with E-state index in [4.69, 9.17) is 11.6 Å². The van der Waals surface area contributed by atoms with E-state index in [0.717, 1.165) is 37.3 Å². The van der Waals surface area contributed by atoms with Crippen LogP contribution in [0.25, 0.3) is 11.2 Å². The van der Waals surface area contributed by atoms with Crippen LogP contribution >= 0.6 is 11.6 Å². The first kappa shape index (κ1) is 14.1. The molecule has 6 heteroatoms. The molecule has 0 aliphatic heterocycles. The maximum Gasteiger partial charge on any atom is 0.226 e. The van der Waals surface area contributed by atoms with Gasteiger partial charge in [-0.3, -0.25) is 0 Å². The molecule has 0 aliphatic carbocycles. The molecule has 0 amide bonds. The average molecular weight is 282 g/mol. The maximum absolute atomic E-state index is 5.94. The topological polar surface area (TPSA) is 55.6 Å². The van der Waals surface area contributed by atoms with E-state index >= 15 is 0 Å². The predicted octanol–water partition coefficient (Wildman–Crippen LogP) is 3.35. The summed E-state index contributed by atoms with van der Waals surface area (Å²) in [6, 6.07) is 0. The largest absolute Gasteiger partial charge is 0.368 e. The van der Waals surface area contributed by atoms with Gasteiger partial charge in [-0.25, -0.2) is 4.98 Å². The molecule has 0 unspecified atom stereocenters. The molecule has 104 valence electrons. The highest BCUT2D eigenvalue weighted by Crippen LogP contribution is 2.22. The first-order chi connectivity index (χ1) is 9.11. The molecular weight excluding hydrogens is 262 g/mol. The normalized spacial score (nSPS) is 11.4. The molecule has 0 fully saturated rings. The molecule has 19 heavy (non-hydrogen) atoms. The Balaban J connectivity index is 2.31. The van der Waals surface area contributed by atoms with E-state index in [9.17, 15) is 0 Å². The minimum absolute atomic E-state index is 0.237. The number of nitrogens with zero attached hydrogens (tertiary/aromatic N) is 4. The Labute approximate surface area is 118 Å². The summed E-state index contributed by atoms with van der Waals surface area (Å²) >= 11 is 5.94. The van der Waals surface area contributed by atoms with Crippen LogP contribution in [-0.4, -0.2) is 26.1 Å². The van der Waals surface area contributed by atoms with Crippen molar-refractivity contribution in [1.82, 2.24) is 19.5 Å². The minimum Gasteiger partial charge on any atom is -0.368 e. The number of aryl methyl sites for hydroxylation is 1. The van der Waals surface area contributed by atoms with Crippen LogP contribution in [0.5, 0.6) is 0 Å². The van der Waals surface area contributed by atoms with Crippen LogP contribution in [-0.2, 0) is 6.54 Å². The summed E-state index contributed by atoms with van der Waals surface area (Å²) in [6.45, 7) is 8.31. The van der Waals surface area contributed by atoms with E-state index in [1.54, 1.807) is 6.33 Å². The number of aromatic nitrogens is 4. The zero-order valence-electron chi connectivity index (χ0n) is 11.6. The molecule has 2 rings (SSSR count). The number of rotatable bonds is 6. The molecule has 5 nitrogen and oxygen atoms in total. The average Bonchev–Trinajstić information content (AvgIpc) is 2.72. The Morgan fingerprint density at radius 3 is 2.84 bits per heavy atom. The molecule has 1 N–H and O–H groups in total. The second-order valence-corrected chi connectivity index (χ2v) is 5.40. The third kappa shape index (κ3) is 3.35. The van der Waals surface area contributed by atoms with Crippen molar-refractivity contribution in [2.24, 2.45) is 5.92 Å². The lowest BCUT2D eigenvalue weighted by atomic mass is 10.1. The van der Waals surface area contributed by atoms with Crippen molar-refractivity contribution in [2.45, 2.75) is 40.2 Å². The van der Waals surface area contributed by atoms with E-state index in [-0.39, 0.29) is 5.28 Å². The summed E-state index contributed by atoms with van der Waals surface area (Å²) in [5.74, 6) is 1.43. The fourth-order valence-electron chi connectivity index (χ4n) is 1.97. The lowest BCUT2D eigenvalue weighted by Crippen LogP contribution is -2.09. The summed E-state index contributed by atoms with van der Waals surface area (Å²) < 4.78 is 2.07.